The highest BCUT2D eigenvalue weighted by atomic mass is 32.1. The van der Waals surface area contributed by atoms with Crippen LogP contribution in [-0.4, -0.2) is 0 Å². The molecule has 0 fully saturated rings. The second-order valence-corrected chi connectivity index (χ2v) is 13.6. The predicted molar refractivity (Wildman–Crippen MR) is 209 cm³/mol. The Labute approximate surface area is 282 Å². The highest BCUT2D eigenvalue weighted by Crippen LogP contribution is 2.46. The van der Waals surface area contributed by atoms with Gasteiger partial charge in [0.2, 0.25) is 0 Å². The van der Waals surface area contributed by atoms with Crippen molar-refractivity contribution in [2.24, 2.45) is 0 Å². The van der Waals surface area contributed by atoms with E-state index in [0.29, 0.717) is 0 Å². The van der Waals surface area contributed by atoms with Crippen molar-refractivity contribution in [3.8, 4) is 11.1 Å². The first-order valence-electron chi connectivity index (χ1n) is 16.4. The van der Waals surface area contributed by atoms with Gasteiger partial charge in [-0.25, -0.2) is 0 Å². The van der Waals surface area contributed by atoms with Gasteiger partial charge in [0.25, 0.3) is 0 Å². The standard InChI is InChI=1S/C46H29NS/c1-2-10-30(11-3-1)34-13-8-14-36(28-34)47(42-18-9-17-41-40-16-6-7-19-43(40)48-46(41)42)37-26-27-39-35(29-37)25-24-33-23-22-32-21-20-31-12-4-5-15-38(31)44(32)45(33)39/h1-29H. The van der Waals surface area contributed by atoms with Crippen molar-refractivity contribution in [2.45, 2.75) is 0 Å². The van der Waals surface area contributed by atoms with Crippen LogP contribution in [0.4, 0.5) is 17.1 Å². The van der Waals surface area contributed by atoms with Crippen molar-refractivity contribution >= 4 is 91.7 Å². The topological polar surface area (TPSA) is 3.24 Å². The van der Waals surface area contributed by atoms with Crippen molar-refractivity contribution < 1.29 is 0 Å². The van der Waals surface area contributed by atoms with Crippen LogP contribution in [0.15, 0.2) is 176 Å². The van der Waals surface area contributed by atoms with Gasteiger partial charge in [0, 0.05) is 26.8 Å². The molecule has 0 aliphatic carbocycles. The predicted octanol–water partition coefficient (Wildman–Crippen LogP) is 13.8. The van der Waals surface area contributed by atoms with Crippen molar-refractivity contribution in [3.63, 3.8) is 0 Å². The van der Waals surface area contributed by atoms with Gasteiger partial charge in [0.15, 0.2) is 0 Å². The van der Waals surface area contributed by atoms with Crippen LogP contribution in [0.3, 0.4) is 0 Å². The Morgan fingerprint density at radius 3 is 1.79 bits per heavy atom. The lowest BCUT2D eigenvalue weighted by molar-refractivity contribution is 1.31. The van der Waals surface area contributed by atoms with E-state index in [9.17, 15) is 0 Å². The average molecular weight is 628 g/mol. The molecule has 0 bridgehead atoms. The summed E-state index contributed by atoms with van der Waals surface area (Å²) in [7, 11) is 0. The molecule has 10 aromatic rings. The van der Waals surface area contributed by atoms with Crippen molar-refractivity contribution in [2.75, 3.05) is 4.90 Å². The summed E-state index contributed by atoms with van der Waals surface area (Å²) in [5.41, 5.74) is 5.88. The summed E-state index contributed by atoms with van der Waals surface area (Å²) in [6.07, 6.45) is 0. The molecule has 2 heteroatoms. The summed E-state index contributed by atoms with van der Waals surface area (Å²) in [5.74, 6) is 0. The van der Waals surface area contributed by atoms with Gasteiger partial charge in [0.05, 0.1) is 10.4 Å². The molecule has 10 rings (SSSR count). The first kappa shape index (κ1) is 27.2. The Hall–Kier alpha value is -5.96. The Kier molecular flexibility index (Phi) is 6.12. The minimum atomic E-state index is 1.14. The minimum absolute atomic E-state index is 1.14. The van der Waals surface area contributed by atoms with Gasteiger partial charge in [-0.2, -0.15) is 0 Å². The molecular weight excluding hydrogens is 599 g/mol. The normalized spacial score (nSPS) is 11.8. The van der Waals surface area contributed by atoms with Gasteiger partial charge in [-0.3, -0.25) is 0 Å². The largest absolute Gasteiger partial charge is 0.309 e. The van der Waals surface area contributed by atoms with Crippen LogP contribution < -0.4 is 4.90 Å². The van der Waals surface area contributed by atoms with Gasteiger partial charge < -0.3 is 4.90 Å². The second-order valence-electron chi connectivity index (χ2n) is 12.5. The van der Waals surface area contributed by atoms with E-state index in [-0.39, 0.29) is 0 Å². The molecule has 0 atom stereocenters. The molecular formula is C46H29NS. The van der Waals surface area contributed by atoms with Crippen LogP contribution >= 0.6 is 11.3 Å². The number of anilines is 3. The molecule has 9 aromatic carbocycles. The summed E-state index contributed by atoms with van der Waals surface area (Å²) in [6, 6.07) is 64.5. The quantitative estimate of drug-likeness (QED) is 0.176. The van der Waals surface area contributed by atoms with E-state index in [2.05, 4.69) is 181 Å². The fourth-order valence-electron chi connectivity index (χ4n) is 7.57. The molecule has 0 radical (unpaired) electrons. The Morgan fingerprint density at radius 2 is 0.958 bits per heavy atom. The maximum Gasteiger partial charge on any atom is 0.0640 e. The molecule has 0 saturated carbocycles. The molecule has 0 N–H and O–H groups in total. The van der Waals surface area contributed by atoms with Crippen molar-refractivity contribution in [1.82, 2.24) is 0 Å². The van der Waals surface area contributed by atoms with E-state index in [1.165, 1.54) is 80.1 Å². The molecule has 1 aromatic heterocycles. The van der Waals surface area contributed by atoms with Gasteiger partial charge in [-0.15, -0.1) is 11.3 Å². The highest BCUT2D eigenvalue weighted by Gasteiger charge is 2.19. The molecule has 0 aliphatic heterocycles. The van der Waals surface area contributed by atoms with E-state index in [0.717, 1.165) is 11.4 Å². The van der Waals surface area contributed by atoms with Gasteiger partial charge >= 0.3 is 0 Å². The van der Waals surface area contributed by atoms with E-state index in [1.807, 2.05) is 11.3 Å². The average Bonchev–Trinajstić information content (AvgIpc) is 3.54. The lowest BCUT2D eigenvalue weighted by atomic mass is 9.93. The number of nitrogens with zero attached hydrogens (tertiary/aromatic N) is 1. The molecule has 224 valence electrons. The molecule has 0 amide bonds. The summed E-state index contributed by atoms with van der Waals surface area (Å²) >= 11 is 1.87. The Bertz CT molecular complexity index is 2840. The van der Waals surface area contributed by atoms with E-state index >= 15 is 0 Å². The van der Waals surface area contributed by atoms with Crippen molar-refractivity contribution in [1.29, 1.82) is 0 Å². The first-order chi connectivity index (χ1) is 23.8. The molecule has 1 heterocycles. The van der Waals surface area contributed by atoms with E-state index in [4.69, 9.17) is 0 Å². The maximum atomic E-state index is 2.45. The summed E-state index contributed by atoms with van der Waals surface area (Å²) < 4.78 is 2.60. The fraction of sp³-hybridized carbons (Fsp3) is 0. The number of benzene rings is 9. The zero-order valence-electron chi connectivity index (χ0n) is 26.1. The van der Waals surface area contributed by atoms with Crippen LogP contribution in [0.25, 0.3) is 74.4 Å². The van der Waals surface area contributed by atoms with E-state index < -0.39 is 0 Å². The van der Waals surface area contributed by atoms with Crippen LogP contribution in [0.5, 0.6) is 0 Å². The zero-order valence-corrected chi connectivity index (χ0v) is 26.9. The molecule has 0 spiro atoms. The summed E-state index contributed by atoms with van der Waals surface area (Å²) in [5, 5.41) is 12.9. The third-order valence-electron chi connectivity index (χ3n) is 9.78. The van der Waals surface area contributed by atoms with Crippen LogP contribution in [0.1, 0.15) is 0 Å². The zero-order chi connectivity index (χ0) is 31.6. The summed E-state index contributed by atoms with van der Waals surface area (Å²) in [4.78, 5) is 2.45. The SMILES string of the molecule is c1ccc(-c2cccc(N(c3ccc4c(ccc5ccc6ccc7ccccc7c6c54)c3)c3cccc4c3sc3ccccc34)c2)cc1. The number of thiophene rings is 1. The molecule has 0 unspecified atom stereocenters. The summed E-state index contributed by atoms with van der Waals surface area (Å²) in [6.45, 7) is 0. The van der Waals surface area contributed by atoms with Gasteiger partial charge in [0.1, 0.15) is 0 Å². The number of hydrogen-bond acceptors (Lipinski definition) is 2. The minimum Gasteiger partial charge on any atom is -0.309 e. The van der Waals surface area contributed by atoms with Gasteiger partial charge in [-0.05, 0) is 90.6 Å². The molecule has 1 nitrogen and oxygen atoms in total. The smallest absolute Gasteiger partial charge is 0.0640 e. The van der Waals surface area contributed by atoms with Crippen LogP contribution in [-0.2, 0) is 0 Å². The number of fused-ring (bicyclic) bond motifs is 10. The first-order valence-corrected chi connectivity index (χ1v) is 17.2. The molecule has 0 saturated heterocycles. The van der Waals surface area contributed by atoms with E-state index in [1.54, 1.807) is 0 Å². The Morgan fingerprint density at radius 1 is 0.354 bits per heavy atom. The van der Waals surface area contributed by atoms with Crippen LogP contribution in [0.2, 0.25) is 0 Å². The molecule has 0 aliphatic rings. The fourth-order valence-corrected chi connectivity index (χ4v) is 8.77. The molecule has 48 heavy (non-hydrogen) atoms. The maximum absolute atomic E-state index is 2.45. The third-order valence-corrected chi connectivity index (χ3v) is 11.0. The lowest BCUT2D eigenvalue weighted by Crippen LogP contribution is -2.10. The van der Waals surface area contributed by atoms with Crippen molar-refractivity contribution in [3.05, 3.63) is 176 Å². The monoisotopic (exact) mass is 627 g/mol. The highest BCUT2D eigenvalue weighted by molar-refractivity contribution is 7.26. The van der Waals surface area contributed by atoms with Crippen LogP contribution in [0, 0.1) is 0 Å². The number of hydrogen-bond donors (Lipinski definition) is 0. The Balaban J connectivity index is 1.25. The lowest BCUT2D eigenvalue weighted by Gasteiger charge is -2.27. The number of rotatable bonds is 4. The van der Waals surface area contributed by atoms with Gasteiger partial charge in [-0.1, -0.05) is 140 Å². The second kappa shape index (κ2) is 10.8. The third kappa shape index (κ3) is 4.24.